The Hall–Kier alpha value is -0.0800. The van der Waals surface area contributed by atoms with E-state index in [0.29, 0.717) is 0 Å². The quantitative estimate of drug-likeness (QED) is 0.639. The van der Waals surface area contributed by atoms with E-state index in [1.165, 1.54) is 45.3 Å². The van der Waals surface area contributed by atoms with Crippen molar-refractivity contribution < 1.29 is 0 Å². The molecular weight excluding hydrogens is 160 g/mol. The molecule has 2 atom stereocenters. The van der Waals surface area contributed by atoms with Crippen LogP contribution >= 0.6 is 0 Å². The van der Waals surface area contributed by atoms with E-state index in [1.54, 1.807) is 0 Å². The molecule has 0 N–H and O–H groups in total. The third kappa shape index (κ3) is 1.75. The van der Waals surface area contributed by atoms with Gasteiger partial charge in [-0.15, -0.1) is 0 Å². The Bertz CT molecular complexity index is 169. The van der Waals surface area contributed by atoms with Gasteiger partial charge in [-0.05, 0) is 45.8 Å². The zero-order chi connectivity index (χ0) is 9.26. The number of hydrogen-bond acceptors (Lipinski definition) is 2. The molecule has 76 valence electrons. The van der Waals surface area contributed by atoms with Gasteiger partial charge in [0.2, 0.25) is 0 Å². The molecule has 0 aromatic heterocycles. The normalized spacial score (nSPS) is 36.5. The maximum atomic E-state index is 2.71. The van der Waals surface area contributed by atoms with Gasteiger partial charge < -0.3 is 4.90 Å². The van der Waals surface area contributed by atoms with E-state index in [0.717, 1.165) is 12.1 Å². The van der Waals surface area contributed by atoms with Crippen molar-refractivity contribution in [3.05, 3.63) is 0 Å². The lowest BCUT2D eigenvalue weighted by Crippen LogP contribution is -2.47. The summed E-state index contributed by atoms with van der Waals surface area (Å²) in [7, 11) is 2.30. The van der Waals surface area contributed by atoms with Crippen molar-refractivity contribution in [2.45, 2.75) is 44.7 Å². The van der Waals surface area contributed by atoms with Crippen molar-refractivity contribution in [3.8, 4) is 0 Å². The Labute approximate surface area is 81.9 Å². The fourth-order valence-corrected chi connectivity index (χ4v) is 3.07. The summed E-state index contributed by atoms with van der Waals surface area (Å²) in [6.45, 7) is 6.27. The van der Waals surface area contributed by atoms with Crippen LogP contribution in [-0.2, 0) is 0 Å². The van der Waals surface area contributed by atoms with Gasteiger partial charge in [-0.2, -0.15) is 0 Å². The SMILES string of the molecule is CCCN1CCC2C1CCCN2C. The molecule has 0 bridgehead atoms. The average Bonchev–Trinajstić information content (AvgIpc) is 2.51. The highest BCUT2D eigenvalue weighted by molar-refractivity contribution is 4.95. The summed E-state index contributed by atoms with van der Waals surface area (Å²) in [5.74, 6) is 0. The first-order chi connectivity index (χ1) is 6.33. The zero-order valence-electron chi connectivity index (χ0n) is 9.00. The molecule has 2 aliphatic heterocycles. The summed E-state index contributed by atoms with van der Waals surface area (Å²) in [4.78, 5) is 5.28. The third-order valence-corrected chi connectivity index (χ3v) is 3.71. The van der Waals surface area contributed by atoms with E-state index in [1.807, 2.05) is 0 Å². The molecule has 0 aliphatic carbocycles. The van der Waals surface area contributed by atoms with Gasteiger partial charge in [-0.3, -0.25) is 4.90 Å². The lowest BCUT2D eigenvalue weighted by atomic mass is 9.97. The van der Waals surface area contributed by atoms with Crippen LogP contribution in [0.3, 0.4) is 0 Å². The fraction of sp³-hybridized carbons (Fsp3) is 1.00. The van der Waals surface area contributed by atoms with Crippen molar-refractivity contribution >= 4 is 0 Å². The van der Waals surface area contributed by atoms with Crippen LogP contribution in [0.4, 0.5) is 0 Å². The maximum Gasteiger partial charge on any atom is 0.0260 e. The summed E-state index contributed by atoms with van der Waals surface area (Å²) in [6, 6.07) is 1.76. The van der Waals surface area contributed by atoms with Gasteiger partial charge in [0.15, 0.2) is 0 Å². The highest BCUT2D eigenvalue weighted by Crippen LogP contribution is 2.29. The predicted octanol–water partition coefficient (Wildman–Crippen LogP) is 1.56. The molecule has 2 rings (SSSR count). The van der Waals surface area contributed by atoms with Crippen LogP contribution in [0.25, 0.3) is 0 Å². The number of fused-ring (bicyclic) bond motifs is 1. The van der Waals surface area contributed by atoms with Crippen molar-refractivity contribution in [1.29, 1.82) is 0 Å². The van der Waals surface area contributed by atoms with E-state index in [9.17, 15) is 0 Å². The van der Waals surface area contributed by atoms with Crippen LogP contribution in [0.15, 0.2) is 0 Å². The minimum Gasteiger partial charge on any atom is -0.302 e. The van der Waals surface area contributed by atoms with Gasteiger partial charge in [0.05, 0.1) is 0 Å². The molecule has 0 amide bonds. The second-order valence-corrected chi connectivity index (χ2v) is 4.58. The Balaban J connectivity index is 1.97. The van der Waals surface area contributed by atoms with E-state index < -0.39 is 0 Å². The van der Waals surface area contributed by atoms with Crippen molar-refractivity contribution in [2.24, 2.45) is 0 Å². The summed E-state index contributed by atoms with van der Waals surface area (Å²) in [6.07, 6.45) is 5.56. The standard InChI is InChI=1S/C11H22N2/c1-3-7-13-9-6-10-11(13)5-4-8-12(10)2/h10-11H,3-9H2,1-2H3. The number of nitrogens with zero attached hydrogens (tertiary/aromatic N) is 2. The Kier molecular flexibility index (Phi) is 2.89. The van der Waals surface area contributed by atoms with E-state index in [2.05, 4.69) is 23.8 Å². The largest absolute Gasteiger partial charge is 0.302 e. The molecule has 0 radical (unpaired) electrons. The Morgan fingerprint density at radius 2 is 2.00 bits per heavy atom. The van der Waals surface area contributed by atoms with Crippen molar-refractivity contribution in [3.63, 3.8) is 0 Å². The molecule has 0 saturated carbocycles. The van der Waals surface area contributed by atoms with Crippen LogP contribution in [0, 0.1) is 0 Å². The lowest BCUT2D eigenvalue weighted by Gasteiger charge is -2.37. The molecule has 2 unspecified atom stereocenters. The smallest absolute Gasteiger partial charge is 0.0260 e. The van der Waals surface area contributed by atoms with Gasteiger partial charge in [0.1, 0.15) is 0 Å². The minimum absolute atomic E-state index is 0.875. The summed E-state index contributed by atoms with van der Waals surface area (Å²) in [5, 5.41) is 0. The fourth-order valence-electron chi connectivity index (χ4n) is 3.07. The molecular formula is C11H22N2. The second kappa shape index (κ2) is 3.97. The van der Waals surface area contributed by atoms with Crippen LogP contribution in [0.1, 0.15) is 32.6 Å². The number of likely N-dealkylation sites (tertiary alicyclic amines) is 2. The predicted molar refractivity (Wildman–Crippen MR) is 55.9 cm³/mol. The third-order valence-electron chi connectivity index (χ3n) is 3.71. The first-order valence-electron chi connectivity index (χ1n) is 5.77. The molecule has 2 fully saturated rings. The molecule has 2 aliphatic rings. The summed E-state index contributed by atoms with van der Waals surface area (Å²) in [5.41, 5.74) is 0. The maximum absolute atomic E-state index is 2.71. The van der Waals surface area contributed by atoms with Gasteiger partial charge in [0.25, 0.3) is 0 Å². The summed E-state index contributed by atoms with van der Waals surface area (Å²) >= 11 is 0. The van der Waals surface area contributed by atoms with E-state index in [4.69, 9.17) is 0 Å². The summed E-state index contributed by atoms with van der Waals surface area (Å²) < 4.78 is 0. The van der Waals surface area contributed by atoms with Crippen LogP contribution in [0.2, 0.25) is 0 Å². The van der Waals surface area contributed by atoms with Crippen LogP contribution < -0.4 is 0 Å². The van der Waals surface area contributed by atoms with E-state index >= 15 is 0 Å². The highest BCUT2D eigenvalue weighted by Gasteiger charge is 2.37. The van der Waals surface area contributed by atoms with Crippen LogP contribution in [-0.4, -0.2) is 48.6 Å². The van der Waals surface area contributed by atoms with E-state index in [-0.39, 0.29) is 0 Å². The van der Waals surface area contributed by atoms with Crippen LogP contribution in [0.5, 0.6) is 0 Å². The minimum atomic E-state index is 0.875. The molecule has 2 saturated heterocycles. The monoisotopic (exact) mass is 182 g/mol. The van der Waals surface area contributed by atoms with Gasteiger partial charge in [-0.1, -0.05) is 6.92 Å². The molecule has 2 heteroatoms. The first-order valence-corrected chi connectivity index (χ1v) is 5.77. The zero-order valence-corrected chi connectivity index (χ0v) is 9.00. The number of piperidine rings is 1. The molecule has 0 aromatic carbocycles. The Morgan fingerprint density at radius 3 is 2.77 bits per heavy atom. The average molecular weight is 182 g/mol. The first kappa shape index (κ1) is 9.47. The molecule has 0 aromatic rings. The Morgan fingerprint density at radius 1 is 1.15 bits per heavy atom. The highest BCUT2D eigenvalue weighted by atomic mass is 15.3. The number of rotatable bonds is 2. The van der Waals surface area contributed by atoms with Crippen molar-refractivity contribution in [2.75, 3.05) is 26.7 Å². The topological polar surface area (TPSA) is 6.48 Å². The van der Waals surface area contributed by atoms with Gasteiger partial charge >= 0.3 is 0 Å². The number of likely N-dealkylation sites (N-methyl/N-ethyl adjacent to an activating group) is 1. The molecule has 2 nitrogen and oxygen atoms in total. The molecule has 0 spiro atoms. The second-order valence-electron chi connectivity index (χ2n) is 4.58. The number of hydrogen-bond donors (Lipinski definition) is 0. The van der Waals surface area contributed by atoms with Crippen molar-refractivity contribution in [1.82, 2.24) is 9.80 Å². The van der Waals surface area contributed by atoms with Gasteiger partial charge in [0, 0.05) is 18.6 Å². The molecule has 13 heavy (non-hydrogen) atoms. The molecule has 2 heterocycles. The van der Waals surface area contributed by atoms with Gasteiger partial charge in [-0.25, -0.2) is 0 Å². The lowest BCUT2D eigenvalue weighted by molar-refractivity contribution is 0.117.